The van der Waals surface area contributed by atoms with Gasteiger partial charge in [0, 0.05) is 11.4 Å². The molecule has 1 saturated heterocycles. The zero-order valence-corrected chi connectivity index (χ0v) is 13.4. The van der Waals surface area contributed by atoms with Crippen LogP contribution in [0.1, 0.15) is 36.6 Å². The molecule has 2 aromatic rings. The van der Waals surface area contributed by atoms with E-state index in [1.807, 2.05) is 0 Å². The summed E-state index contributed by atoms with van der Waals surface area (Å²) in [7, 11) is 0. The molecule has 1 aliphatic rings. The zero-order chi connectivity index (χ0) is 16.6. The van der Waals surface area contributed by atoms with Crippen LogP contribution < -0.4 is 5.32 Å². The van der Waals surface area contributed by atoms with Crippen LogP contribution in [0.3, 0.4) is 0 Å². The van der Waals surface area contributed by atoms with Crippen molar-refractivity contribution in [2.75, 3.05) is 6.54 Å². The molecule has 0 bridgehead atoms. The molecule has 8 heteroatoms. The number of piperidine rings is 1. The number of alkyl halides is 3. The van der Waals surface area contributed by atoms with E-state index >= 15 is 0 Å². The highest BCUT2D eigenvalue weighted by molar-refractivity contribution is 5.85. The Bertz CT molecular complexity index is 717. The number of aliphatic hydroxyl groups is 1. The SMILES string of the molecule is Cl.OC(c1cc(C(F)(F)F)nc2c(F)cccc12)C1CCCCN1. The van der Waals surface area contributed by atoms with Crippen LogP contribution >= 0.6 is 12.4 Å². The van der Waals surface area contributed by atoms with E-state index in [4.69, 9.17) is 0 Å². The van der Waals surface area contributed by atoms with Crippen molar-refractivity contribution in [1.82, 2.24) is 10.3 Å². The number of aromatic nitrogens is 1. The number of hydrogen-bond donors (Lipinski definition) is 2. The Balaban J connectivity index is 0.00000208. The van der Waals surface area contributed by atoms with Gasteiger partial charge in [-0.15, -0.1) is 12.4 Å². The van der Waals surface area contributed by atoms with Crippen LogP contribution in [0.15, 0.2) is 24.3 Å². The van der Waals surface area contributed by atoms with Crippen molar-refractivity contribution in [2.45, 2.75) is 37.6 Å². The molecular weight excluding hydrogens is 348 g/mol. The van der Waals surface area contributed by atoms with Gasteiger partial charge in [0.1, 0.15) is 17.0 Å². The summed E-state index contributed by atoms with van der Waals surface area (Å²) >= 11 is 0. The molecule has 2 unspecified atom stereocenters. The van der Waals surface area contributed by atoms with E-state index in [9.17, 15) is 22.7 Å². The summed E-state index contributed by atoms with van der Waals surface area (Å²) in [4.78, 5) is 3.40. The van der Waals surface area contributed by atoms with Crippen molar-refractivity contribution in [2.24, 2.45) is 0 Å². The van der Waals surface area contributed by atoms with E-state index < -0.39 is 23.8 Å². The summed E-state index contributed by atoms with van der Waals surface area (Å²) < 4.78 is 53.1. The summed E-state index contributed by atoms with van der Waals surface area (Å²) in [5, 5.41) is 13.9. The van der Waals surface area contributed by atoms with Crippen LogP contribution in [0.4, 0.5) is 17.6 Å². The number of rotatable bonds is 2. The third-order valence-electron chi connectivity index (χ3n) is 4.16. The maximum absolute atomic E-state index is 13.9. The Morgan fingerprint density at radius 1 is 1.25 bits per heavy atom. The maximum Gasteiger partial charge on any atom is 0.433 e. The van der Waals surface area contributed by atoms with Gasteiger partial charge in [-0.05, 0) is 37.1 Å². The average Bonchev–Trinajstić information content (AvgIpc) is 2.54. The summed E-state index contributed by atoms with van der Waals surface area (Å²) in [6.07, 6.45) is -3.35. The Morgan fingerprint density at radius 2 is 2.00 bits per heavy atom. The van der Waals surface area contributed by atoms with Gasteiger partial charge in [0.05, 0.1) is 6.10 Å². The van der Waals surface area contributed by atoms with Gasteiger partial charge in [0.15, 0.2) is 0 Å². The average molecular weight is 365 g/mol. The van der Waals surface area contributed by atoms with Gasteiger partial charge < -0.3 is 10.4 Å². The van der Waals surface area contributed by atoms with Crippen molar-refractivity contribution in [3.8, 4) is 0 Å². The molecule has 1 aromatic carbocycles. The molecule has 2 atom stereocenters. The minimum atomic E-state index is -4.70. The van der Waals surface area contributed by atoms with Crippen molar-refractivity contribution < 1.29 is 22.7 Å². The third kappa shape index (κ3) is 3.63. The molecule has 0 radical (unpaired) electrons. The first-order valence-corrected chi connectivity index (χ1v) is 7.46. The van der Waals surface area contributed by atoms with E-state index in [1.54, 1.807) is 0 Å². The smallest absolute Gasteiger partial charge is 0.387 e. The van der Waals surface area contributed by atoms with Gasteiger partial charge in [0.25, 0.3) is 0 Å². The highest BCUT2D eigenvalue weighted by Crippen LogP contribution is 2.35. The largest absolute Gasteiger partial charge is 0.433 e. The van der Waals surface area contributed by atoms with Crippen molar-refractivity contribution >= 4 is 23.3 Å². The molecule has 2 heterocycles. The van der Waals surface area contributed by atoms with Crippen LogP contribution in [0.2, 0.25) is 0 Å². The number of para-hydroxylation sites is 1. The second-order valence-electron chi connectivity index (χ2n) is 5.73. The molecule has 24 heavy (non-hydrogen) atoms. The lowest BCUT2D eigenvalue weighted by Crippen LogP contribution is -2.39. The van der Waals surface area contributed by atoms with Gasteiger partial charge in [-0.3, -0.25) is 0 Å². The minimum Gasteiger partial charge on any atom is -0.387 e. The standard InChI is InChI=1S/C16H16F4N2O.ClH/c17-11-5-3-4-9-10(15(23)12-6-1-2-7-21-12)8-13(16(18,19)20)22-14(9)11;/h3-5,8,12,15,21,23H,1-2,6-7H2;1H. The first kappa shape index (κ1) is 18.9. The van der Waals surface area contributed by atoms with Crippen LogP contribution in [-0.2, 0) is 6.18 Å². The van der Waals surface area contributed by atoms with E-state index in [2.05, 4.69) is 10.3 Å². The number of benzene rings is 1. The molecule has 0 spiro atoms. The fraction of sp³-hybridized carbons (Fsp3) is 0.438. The molecule has 0 saturated carbocycles. The van der Waals surface area contributed by atoms with E-state index in [0.717, 1.165) is 25.0 Å². The Morgan fingerprint density at radius 3 is 2.62 bits per heavy atom. The molecule has 1 fully saturated rings. The lowest BCUT2D eigenvalue weighted by molar-refractivity contribution is -0.141. The summed E-state index contributed by atoms with van der Waals surface area (Å²) in [5.74, 6) is -0.835. The zero-order valence-electron chi connectivity index (χ0n) is 12.6. The molecular formula is C16H17ClF4N2O. The number of hydrogen-bond acceptors (Lipinski definition) is 3. The van der Waals surface area contributed by atoms with E-state index in [1.165, 1.54) is 12.1 Å². The first-order chi connectivity index (χ1) is 10.9. The lowest BCUT2D eigenvalue weighted by atomic mass is 9.92. The topological polar surface area (TPSA) is 45.2 Å². The van der Waals surface area contributed by atoms with Gasteiger partial charge in [-0.25, -0.2) is 9.37 Å². The molecule has 0 amide bonds. The number of halogens is 5. The molecule has 3 rings (SSSR count). The predicted molar refractivity (Wildman–Crippen MR) is 84.6 cm³/mol. The fourth-order valence-electron chi connectivity index (χ4n) is 2.99. The monoisotopic (exact) mass is 364 g/mol. The third-order valence-corrected chi connectivity index (χ3v) is 4.16. The van der Waals surface area contributed by atoms with Crippen LogP contribution in [0, 0.1) is 5.82 Å². The number of nitrogens with zero attached hydrogens (tertiary/aromatic N) is 1. The number of fused-ring (bicyclic) bond motifs is 1. The van der Waals surface area contributed by atoms with Crippen LogP contribution in [-0.4, -0.2) is 22.7 Å². The second-order valence-corrected chi connectivity index (χ2v) is 5.73. The highest BCUT2D eigenvalue weighted by atomic mass is 35.5. The number of aliphatic hydroxyl groups excluding tert-OH is 1. The second kappa shape index (κ2) is 7.21. The fourth-order valence-corrected chi connectivity index (χ4v) is 2.99. The van der Waals surface area contributed by atoms with Crippen molar-refractivity contribution in [3.63, 3.8) is 0 Å². The van der Waals surface area contributed by atoms with Crippen LogP contribution in [0.25, 0.3) is 10.9 Å². The molecule has 1 aliphatic heterocycles. The lowest BCUT2D eigenvalue weighted by Gasteiger charge is -2.29. The summed E-state index contributed by atoms with van der Waals surface area (Å²) in [6, 6.07) is 4.41. The molecule has 3 nitrogen and oxygen atoms in total. The van der Waals surface area contributed by atoms with Crippen molar-refractivity contribution in [1.29, 1.82) is 0 Å². The molecule has 0 aliphatic carbocycles. The first-order valence-electron chi connectivity index (χ1n) is 7.46. The Labute approximate surface area is 142 Å². The quantitative estimate of drug-likeness (QED) is 0.792. The number of pyridine rings is 1. The minimum absolute atomic E-state index is 0. The predicted octanol–water partition coefficient (Wildman–Crippen LogP) is 3.99. The van der Waals surface area contributed by atoms with Crippen molar-refractivity contribution in [3.05, 3.63) is 41.3 Å². The molecule has 1 aromatic heterocycles. The molecule has 2 N–H and O–H groups in total. The Kier molecular flexibility index (Phi) is 5.67. The van der Waals surface area contributed by atoms with Gasteiger partial charge >= 0.3 is 6.18 Å². The highest BCUT2D eigenvalue weighted by Gasteiger charge is 2.35. The van der Waals surface area contributed by atoms with E-state index in [-0.39, 0.29) is 34.9 Å². The van der Waals surface area contributed by atoms with Gasteiger partial charge in [-0.1, -0.05) is 18.6 Å². The van der Waals surface area contributed by atoms with E-state index in [0.29, 0.717) is 13.0 Å². The number of nitrogens with one attached hydrogen (secondary N) is 1. The normalized spacial score (nSPS) is 19.8. The van der Waals surface area contributed by atoms with Gasteiger partial charge in [0.2, 0.25) is 0 Å². The molecule has 132 valence electrons. The van der Waals surface area contributed by atoms with Gasteiger partial charge in [-0.2, -0.15) is 13.2 Å². The Hall–Kier alpha value is -1.44. The summed E-state index contributed by atoms with van der Waals surface area (Å²) in [5.41, 5.74) is -1.51. The maximum atomic E-state index is 13.9. The summed E-state index contributed by atoms with van der Waals surface area (Å²) in [6.45, 7) is 0.700. The van der Waals surface area contributed by atoms with Crippen LogP contribution in [0.5, 0.6) is 0 Å².